The largest absolute Gasteiger partial charge is 0.497 e. The van der Waals surface area contributed by atoms with Gasteiger partial charge in [0.15, 0.2) is 0 Å². The van der Waals surface area contributed by atoms with E-state index in [0.29, 0.717) is 11.3 Å². The van der Waals surface area contributed by atoms with Gasteiger partial charge in [-0.25, -0.2) is 13.4 Å². The maximum atomic E-state index is 13.5. The number of pyridine rings is 1. The molecular formula is C27H35N3O6S. The molecule has 0 saturated carbocycles. The van der Waals surface area contributed by atoms with E-state index in [0.717, 1.165) is 12.8 Å². The molecule has 3 rings (SSSR count). The number of benzene rings is 1. The van der Waals surface area contributed by atoms with Crippen molar-refractivity contribution >= 4 is 15.9 Å². The van der Waals surface area contributed by atoms with Crippen molar-refractivity contribution in [3.63, 3.8) is 0 Å². The topological polar surface area (TPSA) is 109 Å². The lowest BCUT2D eigenvalue weighted by Gasteiger charge is -2.37. The maximum Gasteiger partial charge on any atom is 0.259 e. The van der Waals surface area contributed by atoms with Gasteiger partial charge in [-0.05, 0) is 31.5 Å². The molecule has 0 spiro atoms. The number of amides is 1. The molecule has 0 radical (unpaired) electrons. The molecule has 0 saturated heterocycles. The summed E-state index contributed by atoms with van der Waals surface area (Å²) < 4.78 is 39.2. The molecule has 1 aromatic carbocycles. The van der Waals surface area contributed by atoms with Gasteiger partial charge in [0.25, 0.3) is 5.91 Å². The van der Waals surface area contributed by atoms with Crippen LogP contribution in [0.25, 0.3) is 0 Å². The maximum absolute atomic E-state index is 13.5. The van der Waals surface area contributed by atoms with E-state index in [1.54, 1.807) is 36.2 Å². The number of ether oxygens (including phenoxy) is 2. The summed E-state index contributed by atoms with van der Waals surface area (Å²) >= 11 is 0. The number of carbonyl (C=O) groups is 1. The number of aromatic nitrogens is 1. The highest BCUT2D eigenvalue weighted by atomic mass is 32.2. The number of unbranched alkanes of at least 4 members (excludes halogenated alkanes) is 1. The Labute approximate surface area is 219 Å². The predicted octanol–water partition coefficient (Wildman–Crippen LogP) is 2.78. The van der Waals surface area contributed by atoms with Crippen LogP contribution >= 0.6 is 0 Å². The van der Waals surface area contributed by atoms with Crippen molar-refractivity contribution in [3.05, 3.63) is 47.7 Å². The van der Waals surface area contributed by atoms with Crippen LogP contribution in [0, 0.1) is 17.8 Å². The molecule has 10 heteroatoms. The smallest absolute Gasteiger partial charge is 0.259 e. The molecule has 2 aromatic rings. The number of methoxy groups -OCH3 is 1. The molecule has 9 nitrogen and oxygen atoms in total. The van der Waals surface area contributed by atoms with Crippen LogP contribution in [0.2, 0.25) is 0 Å². The zero-order valence-corrected chi connectivity index (χ0v) is 22.8. The Balaban J connectivity index is 1.97. The van der Waals surface area contributed by atoms with Crippen LogP contribution in [0.15, 0.2) is 41.4 Å². The molecule has 2 heterocycles. The number of aliphatic hydroxyl groups is 1. The lowest BCUT2D eigenvalue weighted by atomic mass is 10.0. The van der Waals surface area contributed by atoms with E-state index in [1.165, 1.54) is 30.6 Å². The first-order valence-corrected chi connectivity index (χ1v) is 13.7. The van der Waals surface area contributed by atoms with Gasteiger partial charge in [0.05, 0.1) is 31.2 Å². The first-order valence-electron chi connectivity index (χ1n) is 12.3. The van der Waals surface area contributed by atoms with E-state index in [-0.39, 0.29) is 47.9 Å². The minimum Gasteiger partial charge on any atom is -0.497 e. The van der Waals surface area contributed by atoms with Crippen LogP contribution in [-0.4, -0.2) is 79.6 Å². The normalized spacial score (nSPS) is 18.7. The van der Waals surface area contributed by atoms with E-state index in [9.17, 15) is 18.3 Å². The molecule has 0 aliphatic carbocycles. The van der Waals surface area contributed by atoms with Crippen LogP contribution < -0.4 is 9.47 Å². The van der Waals surface area contributed by atoms with Gasteiger partial charge in [-0.1, -0.05) is 31.8 Å². The van der Waals surface area contributed by atoms with Crippen molar-refractivity contribution in [2.24, 2.45) is 5.92 Å². The second-order valence-corrected chi connectivity index (χ2v) is 11.3. The van der Waals surface area contributed by atoms with Gasteiger partial charge in [0, 0.05) is 43.8 Å². The third kappa shape index (κ3) is 6.60. The average molecular weight is 530 g/mol. The molecular weight excluding hydrogens is 494 g/mol. The van der Waals surface area contributed by atoms with Crippen LogP contribution in [0.5, 0.6) is 11.6 Å². The van der Waals surface area contributed by atoms with E-state index < -0.39 is 22.2 Å². The minimum absolute atomic E-state index is 0.0232. The molecule has 1 amide bonds. The standard InChI is InChI=1S/C27H35N3O6S/c1-6-7-8-10-21-13-24-26(28-15-21)36-25(19(2)16-30(27(24)32)20(3)18-31)17-29(4)37(33,34)23-12-9-11-22(14-23)35-5/h9,11-15,19-20,25,31H,6-7,16-18H2,1-5H3/t19-,20+,25+/m1/s1. The minimum atomic E-state index is -3.84. The number of likely N-dealkylation sites (N-methyl/N-ethyl adjacent to an activating group) is 1. The van der Waals surface area contributed by atoms with E-state index in [2.05, 4.69) is 16.8 Å². The van der Waals surface area contributed by atoms with E-state index >= 15 is 0 Å². The number of rotatable bonds is 8. The molecule has 1 aromatic heterocycles. The van der Waals surface area contributed by atoms with Crippen molar-refractivity contribution in [1.82, 2.24) is 14.2 Å². The van der Waals surface area contributed by atoms with Gasteiger partial charge >= 0.3 is 0 Å². The van der Waals surface area contributed by atoms with Crippen molar-refractivity contribution in [2.75, 3.05) is 33.9 Å². The second kappa shape index (κ2) is 12.4. The zero-order chi connectivity index (χ0) is 27.2. The number of aliphatic hydroxyl groups excluding tert-OH is 1. The van der Waals surface area contributed by atoms with Crippen LogP contribution in [0.1, 0.15) is 49.5 Å². The molecule has 37 heavy (non-hydrogen) atoms. The molecule has 0 fully saturated rings. The summed E-state index contributed by atoms with van der Waals surface area (Å²) in [6.07, 6.45) is 2.58. The monoisotopic (exact) mass is 529 g/mol. The van der Waals surface area contributed by atoms with Crippen molar-refractivity contribution in [2.45, 2.75) is 50.7 Å². The highest BCUT2D eigenvalue weighted by Crippen LogP contribution is 2.28. The summed E-state index contributed by atoms with van der Waals surface area (Å²) in [6.45, 7) is 5.76. The summed E-state index contributed by atoms with van der Waals surface area (Å²) in [7, 11) is -0.876. The molecule has 200 valence electrons. The van der Waals surface area contributed by atoms with Gasteiger partial charge in [-0.15, -0.1) is 0 Å². The second-order valence-electron chi connectivity index (χ2n) is 9.22. The fourth-order valence-corrected chi connectivity index (χ4v) is 5.19. The fourth-order valence-electron chi connectivity index (χ4n) is 3.97. The summed E-state index contributed by atoms with van der Waals surface area (Å²) in [5, 5.41) is 9.82. The number of carbonyl (C=O) groups excluding carboxylic acids is 1. The molecule has 1 aliphatic rings. The van der Waals surface area contributed by atoms with Crippen molar-refractivity contribution in [1.29, 1.82) is 0 Å². The van der Waals surface area contributed by atoms with Crippen LogP contribution in [-0.2, 0) is 10.0 Å². The Hall–Kier alpha value is -3.13. The van der Waals surface area contributed by atoms with Gasteiger partial charge in [0.2, 0.25) is 15.9 Å². The first-order chi connectivity index (χ1) is 17.6. The number of fused-ring (bicyclic) bond motifs is 1. The van der Waals surface area contributed by atoms with Gasteiger partial charge in [-0.3, -0.25) is 4.79 Å². The van der Waals surface area contributed by atoms with E-state index in [1.807, 2.05) is 13.8 Å². The molecule has 1 aliphatic heterocycles. The summed E-state index contributed by atoms with van der Waals surface area (Å²) in [5.41, 5.74) is 0.822. The van der Waals surface area contributed by atoms with Gasteiger partial charge in [-0.2, -0.15) is 4.31 Å². The zero-order valence-electron chi connectivity index (χ0n) is 22.0. The number of hydrogen-bond donors (Lipinski definition) is 1. The van der Waals surface area contributed by atoms with Crippen LogP contribution in [0.3, 0.4) is 0 Å². The Kier molecular flexibility index (Phi) is 9.54. The third-order valence-corrected chi connectivity index (χ3v) is 8.13. The Morgan fingerprint density at radius 2 is 2.11 bits per heavy atom. The van der Waals surface area contributed by atoms with Crippen molar-refractivity contribution < 1.29 is 27.8 Å². The first kappa shape index (κ1) is 28.4. The van der Waals surface area contributed by atoms with Crippen molar-refractivity contribution in [3.8, 4) is 23.5 Å². The predicted molar refractivity (Wildman–Crippen MR) is 140 cm³/mol. The Morgan fingerprint density at radius 1 is 1.35 bits per heavy atom. The summed E-state index contributed by atoms with van der Waals surface area (Å²) in [5.74, 6) is 6.05. The average Bonchev–Trinajstić information content (AvgIpc) is 2.90. The van der Waals surface area contributed by atoms with Gasteiger partial charge in [0.1, 0.15) is 17.4 Å². The van der Waals surface area contributed by atoms with E-state index in [4.69, 9.17) is 9.47 Å². The highest BCUT2D eigenvalue weighted by Gasteiger charge is 2.36. The number of nitrogens with zero attached hydrogens (tertiary/aromatic N) is 3. The SMILES string of the molecule is CCCC#Cc1cnc2c(c1)C(=O)N([C@@H](C)CO)C[C@@H](C)[C@H](CN(C)S(=O)(=O)c1cccc(OC)c1)O2. The molecule has 1 N–H and O–H groups in total. The molecule has 0 bridgehead atoms. The Morgan fingerprint density at radius 3 is 2.78 bits per heavy atom. The Bertz CT molecular complexity index is 1270. The van der Waals surface area contributed by atoms with Gasteiger partial charge < -0.3 is 19.5 Å². The third-order valence-electron chi connectivity index (χ3n) is 6.32. The highest BCUT2D eigenvalue weighted by molar-refractivity contribution is 7.89. The quantitative estimate of drug-likeness (QED) is 0.524. The van der Waals surface area contributed by atoms with Crippen LogP contribution in [0.4, 0.5) is 0 Å². The number of hydrogen-bond acceptors (Lipinski definition) is 7. The lowest BCUT2D eigenvalue weighted by Crippen LogP contribution is -2.50. The molecule has 3 atom stereocenters. The lowest BCUT2D eigenvalue weighted by molar-refractivity contribution is 0.0373. The summed E-state index contributed by atoms with van der Waals surface area (Å²) in [4.78, 5) is 19.6. The fraction of sp³-hybridized carbons (Fsp3) is 0.481. The molecule has 0 unspecified atom stereocenters. The number of sulfonamides is 1. The summed E-state index contributed by atoms with van der Waals surface area (Å²) in [6, 6.07) is 7.47.